The van der Waals surface area contributed by atoms with Crippen molar-refractivity contribution < 1.29 is 9.53 Å². The van der Waals surface area contributed by atoms with Gasteiger partial charge in [-0.2, -0.15) is 5.10 Å². The molecular weight excluding hydrogens is 438 g/mol. The van der Waals surface area contributed by atoms with Crippen molar-refractivity contribution in [2.45, 2.75) is 30.6 Å². The van der Waals surface area contributed by atoms with Gasteiger partial charge in [0.1, 0.15) is 5.82 Å². The number of hydrogen-bond acceptors (Lipinski definition) is 7. The van der Waals surface area contributed by atoms with Crippen LogP contribution in [0, 0.1) is 0 Å². The molecule has 0 aliphatic carbocycles. The average molecular weight is 462 g/mol. The van der Waals surface area contributed by atoms with Crippen LogP contribution in [0.1, 0.15) is 12.8 Å². The maximum absolute atomic E-state index is 12.8. The van der Waals surface area contributed by atoms with E-state index in [9.17, 15) is 4.79 Å². The summed E-state index contributed by atoms with van der Waals surface area (Å²) < 4.78 is 9.11. The summed E-state index contributed by atoms with van der Waals surface area (Å²) in [5.41, 5.74) is 2.62. The lowest BCUT2D eigenvalue weighted by Gasteiger charge is -2.10. The van der Waals surface area contributed by atoms with E-state index in [4.69, 9.17) is 9.84 Å². The van der Waals surface area contributed by atoms with Crippen LogP contribution in [0.4, 0.5) is 5.82 Å². The van der Waals surface area contributed by atoms with E-state index in [1.54, 1.807) is 9.36 Å². The molecule has 3 heterocycles. The molecule has 2 aromatic carbocycles. The molecule has 1 fully saturated rings. The highest BCUT2D eigenvalue weighted by Crippen LogP contribution is 2.25. The van der Waals surface area contributed by atoms with Crippen molar-refractivity contribution in [2.24, 2.45) is 0 Å². The number of para-hydroxylation sites is 1. The first kappa shape index (κ1) is 21.4. The first-order valence-corrected chi connectivity index (χ1v) is 11.8. The monoisotopic (exact) mass is 461 g/mol. The van der Waals surface area contributed by atoms with Gasteiger partial charge in [-0.3, -0.25) is 4.79 Å². The number of rotatable bonds is 8. The van der Waals surface area contributed by atoms with Crippen LogP contribution < -0.4 is 5.32 Å². The molecule has 1 aliphatic rings. The molecule has 168 valence electrons. The second kappa shape index (κ2) is 9.97. The lowest BCUT2D eigenvalue weighted by atomic mass is 10.2. The van der Waals surface area contributed by atoms with Crippen molar-refractivity contribution in [3.8, 4) is 16.9 Å². The highest BCUT2D eigenvalue weighted by molar-refractivity contribution is 7.99. The average Bonchev–Trinajstić information content (AvgIpc) is 3.61. The number of carbonyl (C=O) groups is 1. The SMILES string of the molecule is O=C(CSc1nnnn1CC1CCCO1)Nc1cc(-c2ccccc2)nn1-c1ccccc1. The number of hydrogen-bond donors (Lipinski definition) is 1. The summed E-state index contributed by atoms with van der Waals surface area (Å²) in [6, 6.07) is 21.5. The predicted octanol–water partition coefficient (Wildman–Crippen LogP) is 3.44. The summed E-state index contributed by atoms with van der Waals surface area (Å²) in [4.78, 5) is 12.8. The number of aromatic nitrogens is 6. The second-order valence-corrected chi connectivity index (χ2v) is 8.59. The Balaban J connectivity index is 1.30. The van der Waals surface area contributed by atoms with Gasteiger partial charge in [0.25, 0.3) is 0 Å². The Labute approximate surface area is 195 Å². The summed E-state index contributed by atoms with van der Waals surface area (Å²) in [6.45, 7) is 1.37. The van der Waals surface area contributed by atoms with E-state index in [0.29, 0.717) is 17.5 Å². The number of benzene rings is 2. The van der Waals surface area contributed by atoms with Gasteiger partial charge >= 0.3 is 0 Å². The van der Waals surface area contributed by atoms with E-state index in [1.165, 1.54) is 11.8 Å². The first-order valence-electron chi connectivity index (χ1n) is 10.8. The van der Waals surface area contributed by atoms with E-state index in [0.717, 1.165) is 36.4 Å². The number of thioether (sulfide) groups is 1. The van der Waals surface area contributed by atoms with Gasteiger partial charge in [0.05, 0.1) is 29.8 Å². The Morgan fingerprint density at radius 1 is 1.12 bits per heavy atom. The standard InChI is InChI=1S/C23H23N7O2S/c31-22(16-33-23-25-27-28-29(23)15-19-12-7-13-32-19)24-21-14-20(17-8-3-1-4-9-17)26-30(21)18-10-5-2-6-11-18/h1-6,8-11,14,19H,7,12-13,15-16H2,(H,24,31). The fourth-order valence-corrected chi connectivity index (χ4v) is 4.38. The molecule has 0 spiro atoms. The van der Waals surface area contributed by atoms with Crippen LogP contribution in [0.3, 0.4) is 0 Å². The minimum Gasteiger partial charge on any atom is -0.376 e. The largest absolute Gasteiger partial charge is 0.376 e. The number of nitrogens with one attached hydrogen (secondary N) is 1. The van der Waals surface area contributed by atoms with Crippen LogP contribution in [0.25, 0.3) is 16.9 Å². The number of tetrazole rings is 1. The van der Waals surface area contributed by atoms with E-state index < -0.39 is 0 Å². The molecule has 1 amide bonds. The van der Waals surface area contributed by atoms with Gasteiger partial charge in [0.15, 0.2) is 0 Å². The van der Waals surface area contributed by atoms with E-state index in [1.807, 2.05) is 66.7 Å². The van der Waals surface area contributed by atoms with Gasteiger partial charge in [-0.05, 0) is 35.4 Å². The summed E-state index contributed by atoms with van der Waals surface area (Å²) >= 11 is 1.30. The Hall–Kier alpha value is -3.50. The maximum atomic E-state index is 12.8. The number of amides is 1. The third-order valence-corrected chi connectivity index (χ3v) is 6.24. The van der Waals surface area contributed by atoms with Gasteiger partial charge in [0, 0.05) is 18.2 Å². The molecule has 10 heteroatoms. The summed E-state index contributed by atoms with van der Waals surface area (Å²) in [7, 11) is 0. The summed E-state index contributed by atoms with van der Waals surface area (Å²) in [5.74, 6) is 0.611. The molecule has 0 bridgehead atoms. The Bertz CT molecular complexity index is 1200. The fourth-order valence-electron chi connectivity index (χ4n) is 3.69. The zero-order chi connectivity index (χ0) is 22.5. The van der Waals surface area contributed by atoms with Gasteiger partial charge in [-0.25, -0.2) is 9.36 Å². The van der Waals surface area contributed by atoms with Crippen molar-refractivity contribution >= 4 is 23.5 Å². The number of nitrogens with zero attached hydrogens (tertiary/aromatic N) is 6. The molecule has 4 aromatic rings. The second-order valence-electron chi connectivity index (χ2n) is 7.64. The predicted molar refractivity (Wildman–Crippen MR) is 125 cm³/mol. The molecule has 0 radical (unpaired) electrons. The molecule has 33 heavy (non-hydrogen) atoms. The molecule has 1 saturated heterocycles. The summed E-state index contributed by atoms with van der Waals surface area (Å²) in [5, 5.41) is 20.2. The topological polar surface area (TPSA) is 99.8 Å². The maximum Gasteiger partial charge on any atom is 0.236 e. The van der Waals surface area contributed by atoms with Crippen LogP contribution in [0.5, 0.6) is 0 Å². The van der Waals surface area contributed by atoms with E-state index >= 15 is 0 Å². The van der Waals surface area contributed by atoms with Crippen molar-refractivity contribution in [1.29, 1.82) is 0 Å². The van der Waals surface area contributed by atoms with Crippen LogP contribution in [0.2, 0.25) is 0 Å². The minimum absolute atomic E-state index is 0.123. The van der Waals surface area contributed by atoms with E-state index in [-0.39, 0.29) is 17.8 Å². The van der Waals surface area contributed by atoms with Gasteiger partial charge < -0.3 is 10.1 Å². The molecule has 2 aromatic heterocycles. The molecule has 5 rings (SSSR count). The van der Waals surface area contributed by atoms with Crippen molar-refractivity contribution in [1.82, 2.24) is 30.0 Å². The zero-order valence-electron chi connectivity index (χ0n) is 17.9. The third kappa shape index (κ3) is 5.12. The molecule has 9 nitrogen and oxygen atoms in total. The first-order chi connectivity index (χ1) is 16.3. The van der Waals surface area contributed by atoms with Crippen LogP contribution in [-0.2, 0) is 16.1 Å². The Morgan fingerprint density at radius 3 is 2.67 bits per heavy atom. The Morgan fingerprint density at radius 2 is 1.91 bits per heavy atom. The highest BCUT2D eigenvalue weighted by Gasteiger charge is 2.20. The van der Waals surface area contributed by atoms with Gasteiger partial charge in [0.2, 0.25) is 11.1 Å². The quantitative estimate of drug-likeness (QED) is 0.401. The number of ether oxygens (including phenoxy) is 1. The van der Waals surface area contributed by atoms with Crippen LogP contribution in [-0.4, -0.2) is 54.4 Å². The third-order valence-electron chi connectivity index (χ3n) is 5.28. The normalized spacial score (nSPS) is 15.6. The lowest BCUT2D eigenvalue weighted by Crippen LogP contribution is -2.19. The molecule has 1 N–H and O–H groups in total. The van der Waals surface area contributed by atoms with Gasteiger partial charge in [-0.15, -0.1) is 5.10 Å². The van der Waals surface area contributed by atoms with E-state index in [2.05, 4.69) is 20.8 Å². The number of carbonyl (C=O) groups excluding carboxylic acids is 1. The van der Waals surface area contributed by atoms with Crippen molar-refractivity contribution in [2.75, 3.05) is 17.7 Å². The Kier molecular flexibility index (Phi) is 6.45. The molecular formula is C23H23N7O2S. The number of anilines is 1. The van der Waals surface area contributed by atoms with Crippen molar-refractivity contribution in [3.05, 3.63) is 66.7 Å². The minimum atomic E-state index is -0.164. The van der Waals surface area contributed by atoms with Gasteiger partial charge in [-0.1, -0.05) is 60.3 Å². The summed E-state index contributed by atoms with van der Waals surface area (Å²) in [6.07, 6.45) is 2.17. The zero-order valence-corrected chi connectivity index (χ0v) is 18.7. The van der Waals surface area contributed by atoms with Crippen LogP contribution in [0.15, 0.2) is 71.9 Å². The van der Waals surface area contributed by atoms with Crippen molar-refractivity contribution in [3.63, 3.8) is 0 Å². The molecule has 0 saturated carbocycles. The fraction of sp³-hybridized carbons (Fsp3) is 0.261. The molecule has 1 unspecified atom stereocenters. The van der Waals surface area contributed by atoms with Crippen LogP contribution >= 0.6 is 11.8 Å². The smallest absolute Gasteiger partial charge is 0.236 e. The highest BCUT2D eigenvalue weighted by atomic mass is 32.2. The lowest BCUT2D eigenvalue weighted by molar-refractivity contribution is -0.113. The molecule has 1 aliphatic heterocycles. The molecule has 1 atom stereocenters.